The Bertz CT molecular complexity index is 665. The normalized spacial score (nSPS) is 15.0. The van der Waals surface area contributed by atoms with Crippen LogP contribution in [0, 0.1) is 5.82 Å². The van der Waals surface area contributed by atoms with Crippen molar-refractivity contribution < 1.29 is 13.9 Å². The van der Waals surface area contributed by atoms with Crippen molar-refractivity contribution in [1.82, 2.24) is 0 Å². The molecule has 3 rings (SSSR count). The van der Waals surface area contributed by atoms with Gasteiger partial charge in [-0.15, -0.1) is 23.5 Å². The van der Waals surface area contributed by atoms with Gasteiger partial charge in [0.05, 0.1) is 9.60 Å². The standard InChI is InChI=1S/C16H12ClFO2S2/c17-12-2-1-3-13(18)14(12)15(19)20-11-6-4-10(5-7-11)16-21-8-9-22-16/h1-7,16H,8-9H2. The molecule has 6 heteroatoms. The second kappa shape index (κ2) is 6.94. The summed E-state index contributed by atoms with van der Waals surface area (Å²) < 4.78 is 19.3. The smallest absolute Gasteiger partial charge is 0.348 e. The number of halogens is 2. The summed E-state index contributed by atoms with van der Waals surface area (Å²) in [6.45, 7) is 0. The lowest BCUT2D eigenvalue weighted by atomic mass is 10.2. The van der Waals surface area contributed by atoms with Crippen LogP contribution >= 0.6 is 35.1 Å². The lowest BCUT2D eigenvalue weighted by Gasteiger charge is -2.10. The van der Waals surface area contributed by atoms with Crippen LogP contribution in [-0.4, -0.2) is 17.5 Å². The number of benzene rings is 2. The topological polar surface area (TPSA) is 26.3 Å². The van der Waals surface area contributed by atoms with E-state index in [2.05, 4.69) is 0 Å². The van der Waals surface area contributed by atoms with Gasteiger partial charge in [-0.05, 0) is 29.8 Å². The Morgan fingerprint density at radius 3 is 2.45 bits per heavy atom. The predicted molar refractivity (Wildman–Crippen MR) is 90.5 cm³/mol. The average molecular weight is 355 g/mol. The molecule has 1 fully saturated rings. The summed E-state index contributed by atoms with van der Waals surface area (Å²) in [6.07, 6.45) is 0. The molecule has 1 heterocycles. The Hall–Kier alpha value is -1.17. The first kappa shape index (κ1) is 15.7. The van der Waals surface area contributed by atoms with Gasteiger partial charge in [-0.1, -0.05) is 29.8 Å². The van der Waals surface area contributed by atoms with E-state index in [1.165, 1.54) is 23.8 Å². The molecule has 1 aliphatic rings. The summed E-state index contributed by atoms with van der Waals surface area (Å²) in [5.41, 5.74) is 0.950. The Labute approximate surface area is 141 Å². The van der Waals surface area contributed by atoms with Crippen LogP contribution in [0.15, 0.2) is 42.5 Å². The van der Waals surface area contributed by atoms with E-state index < -0.39 is 11.8 Å². The maximum absolute atomic E-state index is 13.7. The van der Waals surface area contributed by atoms with E-state index in [1.807, 2.05) is 35.7 Å². The maximum Gasteiger partial charge on any atom is 0.348 e. The summed E-state index contributed by atoms with van der Waals surface area (Å²) in [5, 5.41) is 0.0420. The lowest BCUT2D eigenvalue weighted by Crippen LogP contribution is -2.11. The number of rotatable bonds is 3. The molecular formula is C16H12ClFO2S2. The SMILES string of the molecule is O=C(Oc1ccc(C2SCCS2)cc1)c1c(F)cccc1Cl. The van der Waals surface area contributed by atoms with E-state index in [4.69, 9.17) is 16.3 Å². The van der Waals surface area contributed by atoms with Crippen LogP contribution in [0.1, 0.15) is 20.5 Å². The van der Waals surface area contributed by atoms with Gasteiger partial charge in [-0.3, -0.25) is 0 Å². The van der Waals surface area contributed by atoms with E-state index in [9.17, 15) is 9.18 Å². The minimum atomic E-state index is -0.791. The highest BCUT2D eigenvalue weighted by Gasteiger charge is 2.20. The van der Waals surface area contributed by atoms with Crippen LogP contribution in [0.5, 0.6) is 5.75 Å². The summed E-state index contributed by atoms with van der Waals surface area (Å²) >= 11 is 9.66. The van der Waals surface area contributed by atoms with Crippen molar-refractivity contribution in [3.8, 4) is 5.75 Å². The van der Waals surface area contributed by atoms with Crippen LogP contribution in [-0.2, 0) is 0 Å². The summed E-state index contributed by atoms with van der Waals surface area (Å²) in [6, 6.07) is 11.4. The molecule has 2 nitrogen and oxygen atoms in total. The van der Waals surface area contributed by atoms with E-state index in [-0.39, 0.29) is 10.6 Å². The minimum Gasteiger partial charge on any atom is -0.423 e. The molecule has 0 atom stereocenters. The van der Waals surface area contributed by atoms with E-state index in [0.29, 0.717) is 10.3 Å². The summed E-state index contributed by atoms with van der Waals surface area (Å²) in [7, 11) is 0. The molecule has 0 amide bonds. The van der Waals surface area contributed by atoms with Gasteiger partial charge in [0.1, 0.15) is 17.1 Å². The fourth-order valence-corrected chi connectivity index (χ4v) is 5.19. The zero-order valence-electron chi connectivity index (χ0n) is 11.4. The van der Waals surface area contributed by atoms with Crippen molar-refractivity contribution >= 4 is 41.1 Å². The Morgan fingerprint density at radius 1 is 1.14 bits per heavy atom. The molecule has 0 radical (unpaired) electrons. The molecule has 2 aromatic carbocycles. The van der Waals surface area contributed by atoms with Gasteiger partial charge in [0.2, 0.25) is 0 Å². The minimum absolute atomic E-state index is 0.0420. The number of ether oxygens (including phenoxy) is 1. The monoisotopic (exact) mass is 354 g/mol. The number of carbonyl (C=O) groups is 1. The maximum atomic E-state index is 13.7. The molecule has 0 aromatic heterocycles. The van der Waals surface area contributed by atoms with Crippen LogP contribution in [0.2, 0.25) is 5.02 Å². The number of esters is 1. The highest BCUT2D eigenvalue weighted by Crippen LogP contribution is 2.45. The fourth-order valence-electron chi connectivity index (χ4n) is 2.09. The number of carbonyl (C=O) groups excluding carboxylic acids is 1. The van der Waals surface area contributed by atoms with E-state index >= 15 is 0 Å². The van der Waals surface area contributed by atoms with E-state index in [0.717, 1.165) is 11.5 Å². The van der Waals surface area contributed by atoms with Crippen LogP contribution in [0.3, 0.4) is 0 Å². The van der Waals surface area contributed by atoms with Crippen LogP contribution < -0.4 is 4.74 Å². The zero-order valence-corrected chi connectivity index (χ0v) is 13.8. The van der Waals surface area contributed by atoms with Gasteiger partial charge < -0.3 is 4.74 Å². The van der Waals surface area contributed by atoms with Crippen LogP contribution in [0.4, 0.5) is 4.39 Å². The van der Waals surface area contributed by atoms with Crippen LogP contribution in [0.25, 0.3) is 0 Å². The lowest BCUT2D eigenvalue weighted by molar-refractivity contribution is 0.0730. The number of hydrogen-bond acceptors (Lipinski definition) is 4. The van der Waals surface area contributed by atoms with Gasteiger partial charge >= 0.3 is 5.97 Å². The van der Waals surface area contributed by atoms with Gasteiger partial charge in [0.15, 0.2) is 0 Å². The quantitative estimate of drug-likeness (QED) is 0.560. The third kappa shape index (κ3) is 3.42. The molecule has 0 N–H and O–H groups in total. The molecule has 1 aliphatic heterocycles. The van der Waals surface area contributed by atoms with Gasteiger partial charge in [0.25, 0.3) is 0 Å². The molecule has 0 saturated carbocycles. The molecular weight excluding hydrogens is 343 g/mol. The van der Waals surface area contributed by atoms with Crippen molar-refractivity contribution in [2.45, 2.75) is 4.58 Å². The summed E-state index contributed by atoms with van der Waals surface area (Å²) in [5.74, 6) is 1.20. The molecule has 2 aromatic rings. The third-order valence-corrected chi connectivity index (χ3v) is 6.57. The van der Waals surface area contributed by atoms with Crippen molar-refractivity contribution in [3.63, 3.8) is 0 Å². The van der Waals surface area contributed by atoms with Crippen molar-refractivity contribution in [2.75, 3.05) is 11.5 Å². The van der Waals surface area contributed by atoms with Crippen molar-refractivity contribution in [1.29, 1.82) is 0 Å². The highest BCUT2D eigenvalue weighted by molar-refractivity contribution is 8.19. The Morgan fingerprint density at radius 2 is 1.82 bits per heavy atom. The molecule has 114 valence electrons. The molecule has 22 heavy (non-hydrogen) atoms. The fraction of sp³-hybridized carbons (Fsp3) is 0.188. The second-order valence-electron chi connectivity index (χ2n) is 4.63. The predicted octanol–water partition coefficient (Wildman–Crippen LogP) is 5.18. The molecule has 0 spiro atoms. The molecule has 0 bridgehead atoms. The molecule has 0 aliphatic carbocycles. The first-order valence-electron chi connectivity index (χ1n) is 6.64. The van der Waals surface area contributed by atoms with Gasteiger partial charge in [-0.25, -0.2) is 9.18 Å². The third-order valence-electron chi connectivity index (χ3n) is 3.15. The average Bonchev–Trinajstić information content (AvgIpc) is 3.02. The Balaban J connectivity index is 1.74. The largest absolute Gasteiger partial charge is 0.423 e. The molecule has 1 saturated heterocycles. The Kier molecular flexibility index (Phi) is 4.96. The number of hydrogen-bond donors (Lipinski definition) is 0. The summed E-state index contributed by atoms with van der Waals surface area (Å²) in [4.78, 5) is 12.0. The van der Waals surface area contributed by atoms with Crippen molar-refractivity contribution in [2.24, 2.45) is 0 Å². The number of thioether (sulfide) groups is 2. The van der Waals surface area contributed by atoms with Crippen molar-refractivity contribution in [3.05, 3.63) is 64.4 Å². The van der Waals surface area contributed by atoms with E-state index in [1.54, 1.807) is 12.1 Å². The second-order valence-corrected chi connectivity index (χ2v) is 7.76. The first-order valence-corrected chi connectivity index (χ1v) is 9.12. The zero-order chi connectivity index (χ0) is 15.5. The molecule has 0 unspecified atom stereocenters. The highest BCUT2D eigenvalue weighted by atomic mass is 35.5. The first-order chi connectivity index (χ1) is 10.6. The van der Waals surface area contributed by atoms with Gasteiger partial charge in [-0.2, -0.15) is 0 Å². The van der Waals surface area contributed by atoms with Gasteiger partial charge in [0, 0.05) is 11.5 Å².